The summed E-state index contributed by atoms with van der Waals surface area (Å²) >= 11 is 0. The van der Waals surface area contributed by atoms with Crippen molar-refractivity contribution in [2.45, 2.75) is 6.42 Å². The van der Waals surface area contributed by atoms with Gasteiger partial charge in [-0.05, 0) is 19.5 Å². The number of nitrogens with zero attached hydrogens (tertiary/aromatic N) is 1. The molecule has 1 fully saturated rings. The van der Waals surface area contributed by atoms with Crippen molar-refractivity contribution in [1.82, 2.24) is 4.90 Å². The number of rotatable bonds is 3. The Labute approximate surface area is 56.6 Å². The highest BCUT2D eigenvalue weighted by molar-refractivity contribution is 7.72. The van der Waals surface area contributed by atoms with Gasteiger partial charge in [-0.1, -0.05) is 0 Å². The van der Waals surface area contributed by atoms with Crippen LogP contribution in [0.2, 0.25) is 0 Å². The zero-order valence-electron chi connectivity index (χ0n) is 5.25. The van der Waals surface area contributed by atoms with Gasteiger partial charge in [0.15, 0.2) is 0 Å². The van der Waals surface area contributed by atoms with Gasteiger partial charge in [0.2, 0.25) is 0 Å². The molecule has 0 atom stereocenters. The highest BCUT2D eigenvalue weighted by atomic mass is 32.2. The molecule has 0 aromatic heterocycles. The van der Waals surface area contributed by atoms with Crippen LogP contribution in [-0.4, -0.2) is 38.7 Å². The van der Waals surface area contributed by atoms with Gasteiger partial charge < -0.3 is 4.90 Å². The minimum atomic E-state index is -2.15. The molecule has 1 heterocycles. The van der Waals surface area contributed by atoms with Crippen LogP contribution in [0.1, 0.15) is 6.42 Å². The average Bonchev–Trinajstić information content (AvgIpc) is 1.60. The van der Waals surface area contributed by atoms with Gasteiger partial charge in [0.1, 0.15) is 10.7 Å². The lowest BCUT2D eigenvalue weighted by Gasteiger charge is -2.29. The maximum Gasteiger partial charge on any atom is 0.141 e. The van der Waals surface area contributed by atoms with Crippen LogP contribution in [0.3, 0.4) is 0 Å². The molecule has 0 bridgehead atoms. The summed E-state index contributed by atoms with van der Waals surface area (Å²) in [6, 6.07) is 0. The number of hydrogen-bond acceptors (Lipinski definition) is 3. The van der Waals surface area contributed by atoms with E-state index < -0.39 is 10.7 Å². The van der Waals surface area contributed by atoms with Crippen LogP contribution < -0.4 is 0 Å². The van der Waals surface area contributed by atoms with Crippen molar-refractivity contribution in [3.63, 3.8) is 0 Å². The third kappa shape index (κ3) is 2.32. The lowest BCUT2D eigenvalue weighted by atomic mass is 10.2. The third-order valence-electron chi connectivity index (χ3n) is 1.55. The van der Waals surface area contributed by atoms with Crippen molar-refractivity contribution < 1.29 is 8.42 Å². The minimum Gasteiger partial charge on any atom is -0.302 e. The standard InChI is InChI=1S/C5H11NO2S/c7-9(8)5-4-6-2-1-3-6/h9H,1-5H2. The largest absolute Gasteiger partial charge is 0.302 e. The van der Waals surface area contributed by atoms with E-state index in [-0.39, 0.29) is 0 Å². The molecule has 0 unspecified atom stereocenters. The molecule has 0 radical (unpaired) electrons. The Morgan fingerprint density at radius 2 is 2.00 bits per heavy atom. The molecule has 1 saturated heterocycles. The molecule has 3 nitrogen and oxygen atoms in total. The van der Waals surface area contributed by atoms with Crippen LogP contribution >= 0.6 is 0 Å². The Morgan fingerprint density at radius 3 is 2.33 bits per heavy atom. The van der Waals surface area contributed by atoms with Gasteiger partial charge in [-0.3, -0.25) is 0 Å². The summed E-state index contributed by atoms with van der Waals surface area (Å²) in [5, 5.41) is 0. The molecule has 9 heavy (non-hydrogen) atoms. The molecule has 0 amide bonds. The molecule has 0 aliphatic carbocycles. The second-order valence-electron chi connectivity index (χ2n) is 2.25. The van der Waals surface area contributed by atoms with Gasteiger partial charge in [0.25, 0.3) is 0 Å². The van der Waals surface area contributed by atoms with Crippen LogP contribution in [0.15, 0.2) is 0 Å². The molecule has 0 spiro atoms. The molecule has 54 valence electrons. The molecule has 4 heteroatoms. The summed E-state index contributed by atoms with van der Waals surface area (Å²) in [6.07, 6.45) is 1.23. The van der Waals surface area contributed by atoms with Gasteiger partial charge in [0, 0.05) is 6.54 Å². The molecule has 0 aromatic rings. The van der Waals surface area contributed by atoms with Crippen molar-refractivity contribution in [3.05, 3.63) is 0 Å². The van der Waals surface area contributed by atoms with E-state index in [1.54, 1.807) is 0 Å². The lowest BCUT2D eigenvalue weighted by Crippen LogP contribution is -2.39. The fraction of sp³-hybridized carbons (Fsp3) is 1.00. The predicted molar refractivity (Wildman–Crippen MR) is 36.2 cm³/mol. The smallest absolute Gasteiger partial charge is 0.141 e. The number of hydrogen-bond donors (Lipinski definition) is 1. The van der Waals surface area contributed by atoms with E-state index in [0.717, 1.165) is 19.6 Å². The Morgan fingerprint density at radius 1 is 1.33 bits per heavy atom. The molecular weight excluding hydrogens is 138 g/mol. The fourth-order valence-electron chi connectivity index (χ4n) is 0.828. The van der Waals surface area contributed by atoms with E-state index in [9.17, 15) is 8.42 Å². The molecule has 1 aliphatic rings. The Kier molecular flexibility index (Phi) is 2.48. The van der Waals surface area contributed by atoms with Crippen molar-refractivity contribution in [2.75, 3.05) is 25.4 Å². The molecule has 0 N–H and O–H groups in total. The van der Waals surface area contributed by atoms with Gasteiger partial charge >= 0.3 is 0 Å². The van der Waals surface area contributed by atoms with E-state index in [1.165, 1.54) is 6.42 Å². The van der Waals surface area contributed by atoms with Gasteiger partial charge in [-0.2, -0.15) is 0 Å². The summed E-state index contributed by atoms with van der Waals surface area (Å²) in [5.41, 5.74) is 0. The predicted octanol–water partition coefficient (Wildman–Crippen LogP) is -0.696. The Bertz CT molecular complexity index is 143. The molecule has 1 aliphatic heterocycles. The van der Waals surface area contributed by atoms with Crippen LogP contribution in [0, 0.1) is 0 Å². The highest BCUT2D eigenvalue weighted by Gasteiger charge is 2.12. The third-order valence-corrected chi connectivity index (χ3v) is 2.11. The average molecular weight is 149 g/mol. The van der Waals surface area contributed by atoms with Crippen LogP contribution in [0.25, 0.3) is 0 Å². The van der Waals surface area contributed by atoms with Crippen molar-refractivity contribution >= 4 is 10.7 Å². The quantitative estimate of drug-likeness (QED) is 0.539. The second-order valence-corrected chi connectivity index (χ2v) is 3.36. The summed E-state index contributed by atoms with van der Waals surface area (Å²) in [6.45, 7) is 2.91. The molecule has 0 saturated carbocycles. The first-order valence-electron chi connectivity index (χ1n) is 3.13. The Balaban J connectivity index is 2.04. The highest BCUT2D eigenvalue weighted by Crippen LogP contribution is 2.03. The Hall–Kier alpha value is -0.0900. The maximum absolute atomic E-state index is 10.1. The molecule has 0 aromatic carbocycles. The van der Waals surface area contributed by atoms with Crippen molar-refractivity contribution in [3.8, 4) is 0 Å². The van der Waals surface area contributed by atoms with Crippen molar-refractivity contribution in [1.29, 1.82) is 0 Å². The van der Waals surface area contributed by atoms with E-state index in [0.29, 0.717) is 5.75 Å². The van der Waals surface area contributed by atoms with Crippen LogP contribution in [0.4, 0.5) is 0 Å². The zero-order valence-corrected chi connectivity index (χ0v) is 6.14. The number of thiol groups is 1. The molecule has 1 rings (SSSR count). The van der Waals surface area contributed by atoms with E-state index in [4.69, 9.17) is 0 Å². The maximum atomic E-state index is 10.1. The minimum absolute atomic E-state index is 0.329. The second kappa shape index (κ2) is 3.17. The molecular formula is C5H11NO2S. The SMILES string of the molecule is O=[SH](=O)CCN1CCC1. The van der Waals surface area contributed by atoms with Gasteiger partial charge in [-0.15, -0.1) is 0 Å². The van der Waals surface area contributed by atoms with E-state index >= 15 is 0 Å². The summed E-state index contributed by atoms with van der Waals surface area (Å²) in [7, 11) is -2.15. The van der Waals surface area contributed by atoms with Gasteiger partial charge in [-0.25, -0.2) is 8.42 Å². The summed E-state index contributed by atoms with van der Waals surface area (Å²) < 4.78 is 20.1. The topological polar surface area (TPSA) is 37.4 Å². The number of likely N-dealkylation sites (tertiary alicyclic amines) is 1. The fourth-order valence-corrected chi connectivity index (χ4v) is 1.27. The van der Waals surface area contributed by atoms with Gasteiger partial charge in [0.05, 0.1) is 5.75 Å². The zero-order chi connectivity index (χ0) is 6.69. The lowest BCUT2D eigenvalue weighted by molar-refractivity contribution is 0.193. The normalized spacial score (nSPS) is 20.1. The van der Waals surface area contributed by atoms with Crippen LogP contribution in [-0.2, 0) is 10.7 Å². The first kappa shape index (κ1) is 7.02. The van der Waals surface area contributed by atoms with E-state index in [2.05, 4.69) is 4.90 Å². The summed E-state index contributed by atoms with van der Waals surface area (Å²) in [5.74, 6) is 0.329. The first-order chi connectivity index (χ1) is 4.29. The van der Waals surface area contributed by atoms with E-state index in [1.807, 2.05) is 0 Å². The summed E-state index contributed by atoms with van der Waals surface area (Å²) in [4.78, 5) is 2.14. The van der Waals surface area contributed by atoms with Crippen LogP contribution in [0.5, 0.6) is 0 Å². The monoisotopic (exact) mass is 149 g/mol. The first-order valence-corrected chi connectivity index (χ1v) is 4.49. The van der Waals surface area contributed by atoms with Crippen molar-refractivity contribution in [2.24, 2.45) is 0 Å².